The predicted molar refractivity (Wildman–Crippen MR) is 49.4 cm³/mol. The fraction of sp³-hybridized carbons (Fsp3) is 0. The average molecular weight is 248 g/mol. The fourth-order valence-electron chi connectivity index (χ4n) is 0.981. The largest absolute Gasteiger partial charge is 0.312 e. The molecule has 0 fully saturated rings. The minimum absolute atomic E-state index is 0.252. The van der Waals surface area contributed by atoms with E-state index in [1.807, 2.05) is 0 Å². The molecule has 0 unspecified atom stereocenters. The van der Waals surface area contributed by atoms with Crippen LogP contribution in [0.4, 0.5) is 0 Å². The van der Waals surface area contributed by atoms with Gasteiger partial charge in [-0.15, -0.1) is 0 Å². The second-order valence-electron chi connectivity index (χ2n) is 2.24. The quantitative estimate of drug-likeness (QED) is 0.697. The summed E-state index contributed by atoms with van der Waals surface area (Å²) in [6.07, 6.45) is 0. The number of hydrogen-bond acceptors (Lipinski definition) is 2. The molecule has 6 heteroatoms. The third-order valence-corrected chi connectivity index (χ3v) is 2.25. The second kappa shape index (κ2) is 2.60. The average Bonchev–Trinajstić information content (AvgIpc) is 2.31. The van der Waals surface area contributed by atoms with E-state index in [0.717, 1.165) is 0 Å². The molecule has 0 atom stereocenters. The van der Waals surface area contributed by atoms with E-state index in [0.29, 0.717) is 15.5 Å². The van der Waals surface area contributed by atoms with Gasteiger partial charge in [0.2, 0.25) is 0 Å². The number of fused-ring (bicyclic) bond motifs is 1. The lowest BCUT2D eigenvalue weighted by molar-refractivity contribution is 1.10. The molecule has 0 amide bonds. The van der Waals surface area contributed by atoms with Crippen LogP contribution in [-0.4, -0.2) is 15.2 Å². The molecule has 12 heavy (non-hydrogen) atoms. The van der Waals surface area contributed by atoms with Crippen molar-refractivity contribution < 1.29 is 0 Å². The summed E-state index contributed by atoms with van der Waals surface area (Å²) in [5.41, 5.74) is 0.300. The Hall–Kier alpha value is -0.810. The number of halogens is 2. The first-order valence-corrected chi connectivity index (χ1v) is 4.28. The molecular formula is C6H3BrClN3O. The predicted octanol–water partition coefficient (Wildman–Crippen LogP) is 1.67. The summed E-state index contributed by atoms with van der Waals surface area (Å²) in [5.74, 6) is 0. The van der Waals surface area contributed by atoms with Crippen LogP contribution >= 0.6 is 27.5 Å². The smallest absolute Gasteiger partial charge is 0.261 e. The van der Waals surface area contributed by atoms with Gasteiger partial charge in [-0.2, -0.15) is 5.10 Å². The zero-order chi connectivity index (χ0) is 8.72. The van der Waals surface area contributed by atoms with E-state index in [1.54, 1.807) is 6.07 Å². The molecule has 0 bridgehead atoms. The van der Waals surface area contributed by atoms with Gasteiger partial charge < -0.3 is 4.98 Å². The van der Waals surface area contributed by atoms with Gasteiger partial charge in [0.05, 0.1) is 5.39 Å². The third kappa shape index (κ3) is 1.05. The van der Waals surface area contributed by atoms with Crippen LogP contribution in [0.15, 0.2) is 15.5 Å². The molecule has 0 aliphatic heterocycles. The van der Waals surface area contributed by atoms with E-state index in [1.165, 1.54) is 0 Å². The number of aromatic amines is 2. The summed E-state index contributed by atoms with van der Waals surface area (Å²) in [5, 5.41) is 7.27. The van der Waals surface area contributed by atoms with Crippen molar-refractivity contribution in [1.82, 2.24) is 15.2 Å². The van der Waals surface area contributed by atoms with Crippen LogP contribution in [0.25, 0.3) is 10.9 Å². The van der Waals surface area contributed by atoms with Gasteiger partial charge in [0.15, 0.2) is 0 Å². The summed E-state index contributed by atoms with van der Waals surface area (Å²) in [7, 11) is 0. The number of hydrogen-bond donors (Lipinski definition) is 2. The second-order valence-corrected chi connectivity index (χ2v) is 3.44. The van der Waals surface area contributed by atoms with Gasteiger partial charge >= 0.3 is 0 Å². The van der Waals surface area contributed by atoms with Crippen molar-refractivity contribution in [1.29, 1.82) is 0 Å². The van der Waals surface area contributed by atoms with E-state index in [4.69, 9.17) is 11.6 Å². The Morgan fingerprint density at radius 3 is 3.08 bits per heavy atom. The number of nitrogens with one attached hydrogen (secondary N) is 2. The van der Waals surface area contributed by atoms with Gasteiger partial charge in [0.1, 0.15) is 15.3 Å². The van der Waals surface area contributed by atoms with Crippen molar-refractivity contribution in [3.05, 3.63) is 26.2 Å². The molecule has 0 saturated heterocycles. The summed E-state index contributed by atoms with van der Waals surface area (Å²) < 4.78 is 0.565. The highest BCUT2D eigenvalue weighted by Gasteiger charge is 2.07. The first kappa shape index (κ1) is 7.82. The molecule has 62 valence electrons. The molecule has 2 N–H and O–H groups in total. The zero-order valence-corrected chi connectivity index (χ0v) is 8.03. The summed E-state index contributed by atoms with van der Waals surface area (Å²) in [4.78, 5) is 13.7. The van der Waals surface area contributed by atoms with Gasteiger partial charge in [-0.25, -0.2) is 0 Å². The maximum atomic E-state index is 11.3. The SMILES string of the molecule is O=c1[nH]c(Cl)cc2n[nH]c(Br)c12. The van der Waals surface area contributed by atoms with Crippen LogP contribution in [-0.2, 0) is 0 Å². The molecule has 2 aromatic rings. The van der Waals surface area contributed by atoms with Crippen molar-refractivity contribution in [2.75, 3.05) is 0 Å². The maximum Gasteiger partial charge on any atom is 0.261 e. The van der Waals surface area contributed by atoms with Crippen molar-refractivity contribution >= 4 is 38.4 Å². The molecule has 4 nitrogen and oxygen atoms in total. The topological polar surface area (TPSA) is 61.5 Å². The van der Waals surface area contributed by atoms with E-state index in [9.17, 15) is 4.79 Å². The van der Waals surface area contributed by atoms with Gasteiger partial charge in [-0.3, -0.25) is 9.89 Å². The zero-order valence-electron chi connectivity index (χ0n) is 5.69. The monoisotopic (exact) mass is 247 g/mol. The maximum absolute atomic E-state index is 11.3. The minimum Gasteiger partial charge on any atom is -0.312 e. The standard InChI is InChI=1S/C6H3BrClN3O/c7-5-4-2(10-11-5)1-3(8)9-6(4)12/h1H,(H,9,12)(H,10,11). The van der Waals surface area contributed by atoms with Crippen LogP contribution in [0.2, 0.25) is 5.15 Å². The Morgan fingerprint density at radius 2 is 2.33 bits per heavy atom. The van der Waals surface area contributed by atoms with E-state index >= 15 is 0 Å². The van der Waals surface area contributed by atoms with Crippen molar-refractivity contribution in [2.24, 2.45) is 0 Å². The molecule has 0 radical (unpaired) electrons. The lowest BCUT2D eigenvalue weighted by Gasteiger charge is -1.88. The number of aromatic nitrogens is 3. The molecule has 0 saturated carbocycles. The van der Waals surface area contributed by atoms with E-state index in [2.05, 4.69) is 31.1 Å². The van der Waals surface area contributed by atoms with Gasteiger partial charge in [0.25, 0.3) is 5.56 Å². The molecule has 2 aromatic heterocycles. The fourth-order valence-corrected chi connectivity index (χ4v) is 1.64. The number of nitrogens with zero attached hydrogens (tertiary/aromatic N) is 1. The number of pyridine rings is 1. The van der Waals surface area contributed by atoms with Crippen LogP contribution in [0, 0.1) is 0 Å². The highest BCUT2D eigenvalue weighted by Crippen LogP contribution is 2.17. The minimum atomic E-state index is -0.252. The summed E-state index contributed by atoms with van der Waals surface area (Å²) >= 11 is 8.77. The van der Waals surface area contributed by atoms with Crippen molar-refractivity contribution in [3.63, 3.8) is 0 Å². The lowest BCUT2D eigenvalue weighted by atomic mass is 10.3. The van der Waals surface area contributed by atoms with Crippen molar-refractivity contribution in [3.8, 4) is 0 Å². The molecule has 0 aromatic carbocycles. The molecular weight excluding hydrogens is 245 g/mol. The highest BCUT2D eigenvalue weighted by atomic mass is 79.9. The molecule has 0 aliphatic carbocycles. The summed E-state index contributed by atoms with van der Waals surface area (Å²) in [6, 6.07) is 1.58. The first-order chi connectivity index (χ1) is 5.68. The Balaban J connectivity index is 3.03. The first-order valence-electron chi connectivity index (χ1n) is 3.11. The molecule has 0 aliphatic rings. The van der Waals surface area contributed by atoms with Gasteiger partial charge in [0, 0.05) is 6.07 Å². The lowest BCUT2D eigenvalue weighted by Crippen LogP contribution is -2.04. The Kier molecular flexibility index (Phi) is 1.69. The van der Waals surface area contributed by atoms with Crippen molar-refractivity contribution in [2.45, 2.75) is 0 Å². The van der Waals surface area contributed by atoms with Gasteiger partial charge in [-0.1, -0.05) is 11.6 Å². The number of H-pyrrole nitrogens is 2. The van der Waals surface area contributed by atoms with E-state index < -0.39 is 0 Å². The van der Waals surface area contributed by atoms with Crippen LogP contribution in [0.5, 0.6) is 0 Å². The molecule has 0 spiro atoms. The van der Waals surface area contributed by atoms with E-state index in [-0.39, 0.29) is 10.7 Å². The Labute approximate surface area is 80.1 Å². The molecule has 2 heterocycles. The normalized spacial score (nSPS) is 10.8. The number of rotatable bonds is 0. The molecule has 2 rings (SSSR count). The summed E-state index contributed by atoms with van der Waals surface area (Å²) in [6.45, 7) is 0. The third-order valence-electron chi connectivity index (χ3n) is 1.47. The van der Waals surface area contributed by atoms with Gasteiger partial charge in [-0.05, 0) is 15.9 Å². The highest BCUT2D eigenvalue weighted by molar-refractivity contribution is 9.10. The Morgan fingerprint density at radius 1 is 1.58 bits per heavy atom. The Bertz CT molecular complexity index is 489. The van der Waals surface area contributed by atoms with Crippen LogP contribution in [0.1, 0.15) is 0 Å². The van der Waals surface area contributed by atoms with Crippen LogP contribution in [0.3, 0.4) is 0 Å². The van der Waals surface area contributed by atoms with Crippen LogP contribution < -0.4 is 5.56 Å².